The predicted octanol–water partition coefficient (Wildman–Crippen LogP) is 5.34. The number of hydrogen-bond donors (Lipinski definition) is 1. The van der Waals surface area contributed by atoms with Gasteiger partial charge in [-0.25, -0.2) is 4.68 Å². The minimum Gasteiger partial charge on any atom is -0.462 e. The van der Waals surface area contributed by atoms with E-state index in [-0.39, 0.29) is 0 Å². The standard InChI is InChI=1S/C22H21ClN6O2S/c1-14-6-9-16(30-14)10-11-19-24-22(32)29(27-19)13-28(15-7-8-15)12-20-25-26-21(31-20)17-4-2-3-5-18(17)23/h2-6,9-11,15H,7-8,12-13H2,1H3,(H,24,27,32)/b11-10+. The zero-order valence-electron chi connectivity index (χ0n) is 17.4. The first kappa shape index (κ1) is 20.9. The van der Waals surface area contributed by atoms with Gasteiger partial charge in [-0.15, -0.1) is 10.2 Å². The Morgan fingerprint density at radius 3 is 2.78 bits per heavy atom. The van der Waals surface area contributed by atoms with Crippen molar-refractivity contribution in [3.8, 4) is 11.5 Å². The highest BCUT2D eigenvalue weighted by Gasteiger charge is 2.31. The largest absolute Gasteiger partial charge is 0.462 e. The number of benzene rings is 1. The highest BCUT2D eigenvalue weighted by Crippen LogP contribution is 2.30. The zero-order chi connectivity index (χ0) is 22.1. The molecule has 164 valence electrons. The molecule has 1 aromatic carbocycles. The number of aromatic amines is 1. The number of rotatable bonds is 8. The fraction of sp³-hybridized carbons (Fsp3) is 0.273. The fourth-order valence-electron chi connectivity index (χ4n) is 3.40. The van der Waals surface area contributed by atoms with Crippen LogP contribution in [0, 0.1) is 11.7 Å². The average Bonchev–Trinajstić information content (AvgIpc) is 3.22. The van der Waals surface area contributed by atoms with Crippen LogP contribution in [0.4, 0.5) is 0 Å². The van der Waals surface area contributed by atoms with Gasteiger partial charge >= 0.3 is 0 Å². The molecule has 1 N–H and O–H groups in total. The van der Waals surface area contributed by atoms with E-state index in [9.17, 15) is 0 Å². The normalized spacial score (nSPS) is 14.1. The summed E-state index contributed by atoms with van der Waals surface area (Å²) < 4.78 is 13.8. The van der Waals surface area contributed by atoms with Gasteiger partial charge in [0.2, 0.25) is 16.6 Å². The second-order valence-electron chi connectivity index (χ2n) is 7.70. The number of nitrogens with zero attached hydrogens (tertiary/aromatic N) is 5. The molecule has 8 nitrogen and oxygen atoms in total. The van der Waals surface area contributed by atoms with Crippen LogP contribution in [0.2, 0.25) is 5.02 Å². The van der Waals surface area contributed by atoms with E-state index < -0.39 is 0 Å². The van der Waals surface area contributed by atoms with Crippen LogP contribution in [0.25, 0.3) is 23.6 Å². The Labute approximate surface area is 194 Å². The van der Waals surface area contributed by atoms with Crippen molar-refractivity contribution in [2.45, 2.75) is 39.0 Å². The van der Waals surface area contributed by atoms with Gasteiger partial charge in [0.05, 0.1) is 23.8 Å². The Morgan fingerprint density at radius 1 is 1.19 bits per heavy atom. The number of hydrogen-bond acceptors (Lipinski definition) is 7. The molecule has 0 saturated heterocycles. The number of furan rings is 1. The van der Waals surface area contributed by atoms with Crippen LogP contribution >= 0.6 is 23.8 Å². The van der Waals surface area contributed by atoms with Gasteiger partial charge in [0.25, 0.3) is 0 Å². The monoisotopic (exact) mass is 468 g/mol. The maximum absolute atomic E-state index is 6.25. The van der Waals surface area contributed by atoms with Crippen LogP contribution in [0.3, 0.4) is 0 Å². The minimum atomic E-state index is 0.417. The van der Waals surface area contributed by atoms with Crippen LogP contribution < -0.4 is 0 Å². The maximum Gasteiger partial charge on any atom is 0.249 e. The SMILES string of the molecule is Cc1ccc(/C=C/c2nc(=S)n(CN(Cc3nnc(-c4ccccc4Cl)o3)C3CC3)[nH]2)o1. The summed E-state index contributed by atoms with van der Waals surface area (Å²) >= 11 is 11.7. The van der Waals surface area contributed by atoms with Gasteiger partial charge in [-0.2, -0.15) is 4.98 Å². The van der Waals surface area contributed by atoms with Crippen LogP contribution in [0.1, 0.15) is 36.1 Å². The summed E-state index contributed by atoms with van der Waals surface area (Å²) in [6, 6.07) is 11.7. The van der Waals surface area contributed by atoms with Gasteiger partial charge in [-0.05, 0) is 68.4 Å². The molecule has 4 aromatic rings. The average molecular weight is 469 g/mol. The topological polar surface area (TPSA) is 88.9 Å². The predicted molar refractivity (Wildman–Crippen MR) is 123 cm³/mol. The van der Waals surface area contributed by atoms with E-state index in [1.807, 2.05) is 54.1 Å². The summed E-state index contributed by atoms with van der Waals surface area (Å²) in [6.07, 6.45) is 5.95. The van der Waals surface area contributed by atoms with E-state index in [0.29, 0.717) is 46.7 Å². The van der Waals surface area contributed by atoms with Gasteiger partial charge in [0, 0.05) is 6.04 Å². The molecule has 3 heterocycles. The molecule has 1 fully saturated rings. The van der Waals surface area contributed by atoms with Crippen molar-refractivity contribution in [3.63, 3.8) is 0 Å². The highest BCUT2D eigenvalue weighted by atomic mass is 35.5. The van der Waals surface area contributed by atoms with Gasteiger partial charge in [0.15, 0.2) is 0 Å². The lowest BCUT2D eigenvalue weighted by molar-refractivity contribution is 0.170. The first-order valence-electron chi connectivity index (χ1n) is 10.3. The maximum atomic E-state index is 6.25. The van der Waals surface area contributed by atoms with Crippen molar-refractivity contribution in [3.05, 3.63) is 69.4 Å². The van der Waals surface area contributed by atoms with Crippen molar-refractivity contribution in [1.82, 2.24) is 29.9 Å². The molecule has 10 heteroatoms. The Balaban J connectivity index is 1.30. The molecule has 3 aromatic heterocycles. The molecule has 0 spiro atoms. The van der Waals surface area contributed by atoms with Crippen LogP contribution in [0.5, 0.6) is 0 Å². The highest BCUT2D eigenvalue weighted by molar-refractivity contribution is 7.71. The molecule has 0 aliphatic heterocycles. The van der Waals surface area contributed by atoms with E-state index >= 15 is 0 Å². The lowest BCUT2D eigenvalue weighted by Gasteiger charge is -2.19. The molecule has 0 radical (unpaired) electrons. The molecule has 1 aliphatic carbocycles. The van der Waals surface area contributed by atoms with Crippen molar-refractivity contribution < 1.29 is 8.83 Å². The van der Waals surface area contributed by atoms with E-state index in [1.54, 1.807) is 6.07 Å². The quantitative estimate of drug-likeness (QED) is 0.349. The fourth-order valence-corrected chi connectivity index (χ4v) is 3.82. The van der Waals surface area contributed by atoms with Gasteiger partial charge in [-0.3, -0.25) is 10.00 Å². The van der Waals surface area contributed by atoms with E-state index in [1.165, 1.54) is 0 Å². The molecule has 5 rings (SSSR count). The van der Waals surface area contributed by atoms with Crippen molar-refractivity contribution >= 4 is 36.0 Å². The van der Waals surface area contributed by atoms with Crippen LogP contribution in [-0.2, 0) is 13.2 Å². The summed E-state index contributed by atoms with van der Waals surface area (Å²) in [7, 11) is 0. The van der Waals surface area contributed by atoms with E-state index in [4.69, 9.17) is 32.7 Å². The second-order valence-corrected chi connectivity index (χ2v) is 8.47. The summed E-state index contributed by atoms with van der Waals surface area (Å²) in [5, 5.41) is 12.2. The summed E-state index contributed by atoms with van der Waals surface area (Å²) in [5.41, 5.74) is 0.727. The molecule has 0 amide bonds. The Bertz CT molecular complexity index is 1320. The Morgan fingerprint density at radius 2 is 2.03 bits per heavy atom. The summed E-state index contributed by atoms with van der Waals surface area (Å²) in [5.74, 6) is 3.24. The Kier molecular flexibility index (Phi) is 5.77. The number of aromatic nitrogens is 5. The van der Waals surface area contributed by atoms with Gasteiger partial charge in [-0.1, -0.05) is 23.7 Å². The lowest BCUT2D eigenvalue weighted by atomic mass is 10.2. The van der Waals surface area contributed by atoms with Crippen LogP contribution in [-0.4, -0.2) is 35.9 Å². The van der Waals surface area contributed by atoms with Crippen molar-refractivity contribution in [2.75, 3.05) is 0 Å². The summed E-state index contributed by atoms with van der Waals surface area (Å²) in [4.78, 5) is 6.68. The van der Waals surface area contributed by atoms with E-state index in [0.717, 1.165) is 29.9 Å². The lowest BCUT2D eigenvalue weighted by Crippen LogP contribution is -2.29. The molecule has 0 unspecified atom stereocenters. The molecule has 1 aliphatic rings. The molecule has 0 atom stereocenters. The molecule has 1 saturated carbocycles. The third-order valence-electron chi connectivity index (χ3n) is 5.16. The second kappa shape index (κ2) is 8.85. The van der Waals surface area contributed by atoms with E-state index in [2.05, 4.69) is 25.2 Å². The number of nitrogens with one attached hydrogen (secondary N) is 1. The van der Waals surface area contributed by atoms with Crippen LogP contribution in [0.15, 0.2) is 45.2 Å². The number of aryl methyl sites for hydroxylation is 1. The first-order chi connectivity index (χ1) is 15.5. The minimum absolute atomic E-state index is 0.417. The van der Waals surface area contributed by atoms with Crippen molar-refractivity contribution in [1.29, 1.82) is 0 Å². The third kappa shape index (κ3) is 4.74. The number of H-pyrrole nitrogens is 1. The number of halogens is 1. The molecular formula is C22H21ClN6O2S. The van der Waals surface area contributed by atoms with Crippen molar-refractivity contribution in [2.24, 2.45) is 0 Å². The Hall–Kier alpha value is -3.01. The van der Waals surface area contributed by atoms with Gasteiger partial charge in [0.1, 0.15) is 17.3 Å². The molecule has 0 bridgehead atoms. The first-order valence-corrected chi connectivity index (χ1v) is 11.1. The molecule has 32 heavy (non-hydrogen) atoms. The van der Waals surface area contributed by atoms with Gasteiger partial charge < -0.3 is 8.83 Å². The summed E-state index contributed by atoms with van der Waals surface area (Å²) in [6.45, 7) is 2.97. The zero-order valence-corrected chi connectivity index (χ0v) is 18.9. The smallest absolute Gasteiger partial charge is 0.249 e. The molecular weight excluding hydrogens is 448 g/mol. The third-order valence-corrected chi connectivity index (χ3v) is 5.80.